The van der Waals surface area contributed by atoms with Crippen molar-refractivity contribution in [1.82, 2.24) is 4.90 Å². The van der Waals surface area contributed by atoms with Crippen LogP contribution in [0.15, 0.2) is 72.8 Å². The molecule has 2 atom stereocenters. The lowest BCUT2D eigenvalue weighted by atomic mass is 9.98. The summed E-state index contributed by atoms with van der Waals surface area (Å²) in [6, 6.07) is 26.6. The summed E-state index contributed by atoms with van der Waals surface area (Å²) >= 11 is 1.90. The van der Waals surface area contributed by atoms with E-state index in [1.807, 2.05) is 36.0 Å². The summed E-state index contributed by atoms with van der Waals surface area (Å²) in [6.07, 6.45) is 3.82. The number of benzene rings is 3. The average Bonchev–Trinajstić information content (AvgIpc) is 3.15. The number of hydrogen-bond donors (Lipinski definition) is 0. The highest BCUT2D eigenvalue weighted by molar-refractivity contribution is 7.97. The number of nitrogens with zero attached hydrogens (tertiary/aromatic N) is 2. The fourth-order valence-corrected chi connectivity index (χ4v) is 6.40. The van der Waals surface area contributed by atoms with Crippen molar-refractivity contribution in [3.8, 4) is 11.8 Å². The maximum atomic E-state index is 13.4. The highest BCUT2D eigenvalue weighted by atomic mass is 32.2. The minimum absolute atomic E-state index is 0.0816. The average molecular weight is 483 g/mol. The first kappa shape index (κ1) is 23.5. The zero-order valence-electron chi connectivity index (χ0n) is 20.0. The summed E-state index contributed by atoms with van der Waals surface area (Å²) < 4.78 is 6.21. The quantitative estimate of drug-likeness (QED) is 0.385. The third kappa shape index (κ3) is 5.39. The highest BCUT2D eigenvalue weighted by Gasteiger charge is 2.44. The van der Waals surface area contributed by atoms with Gasteiger partial charge in [0.25, 0.3) is 5.91 Å². The molecule has 2 aliphatic heterocycles. The van der Waals surface area contributed by atoms with Crippen molar-refractivity contribution < 1.29 is 9.53 Å². The SMILES string of the molecule is Cc1ccccc1CSCc1ccc(C(=O)N2C3CCC2CC(Oc2cccc(C#N)c2)C3)cc1. The van der Waals surface area contributed by atoms with Crippen molar-refractivity contribution in [2.24, 2.45) is 0 Å². The van der Waals surface area contributed by atoms with Crippen LogP contribution in [0.25, 0.3) is 0 Å². The Balaban J connectivity index is 1.17. The summed E-state index contributed by atoms with van der Waals surface area (Å²) in [6.45, 7) is 2.16. The third-order valence-electron chi connectivity index (χ3n) is 7.18. The van der Waals surface area contributed by atoms with Crippen LogP contribution in [0, 0.1) is 18.3 Å². The fraction of sp³-hybridized carbons (Fsp3) is 0.333. The van der Waals surface area contributed by atoms with Gasteiger partial charge in [0, 0.05) is 42.0 Å². The standard InChI is InChI=1S/C30H30N2O2S/c1-21-5-2-3-7-25(21)20-35-19-22-9-11-24(12-10-22)30(33)32-26-13-14-27(32)17-29(16-26)34-28-8-4-6-23(15-28)18-31/h2-12,15,26-27,29H,13-14,16-17,19-20H2,1H3. The second-order valence-electron chi connectivity index (χ2n) is 9.56. The molecule has 0 saturated carbocycles. The summed E-state index contributed by atoms with van der Waals surface area (Å²) in [5.41, 5.74) is 5.34. The smallest absolute Gasteiger partial charge is 0.254 e. The molecule has 35 heavy (non-hydrogen) atoms. The van der Waals surface area contributed by atoms with Crippen LogP contribution in [-0.4, -0.2) is 29.0 Å². The molecule has 2 unspecified atom stereocenters. The predicted octanol–water partition coefficient (Wildman–Crippen LogP) is 6.51. The molecule has 3 aromatic rings. The number of rotatable bonds is 7. The molecule has 2 saturated heterocycles. The summed E-state index contributed by atoms with van der Waals surface area (Å²) in [5, 5.41) is 9.13. The largest absolute Gasteiger partial charge is 0.490 e. The molecule has 0 radical (unpaired) electrons. The molecule has 0 spiro atoms. The number of hydrogen-bond acceptors (Lipinski definition) is 4. The van der Waals surface area contributed by atoms with Gasteiger partial charge in [0.1, 0.15) is 11.9 Å². The molecule has 5 heteroatoms. The van der Waals surface area contributed by atoms with E-state index in [1.54, 1.807) is 12.1 Å². The number of carbonyl (C=O) groups is 1. The van der Waals surface area contributed by atoms with E-state index in [2.05, 4.69) is 54.3 Å². The Morgan fingerprint density at radius 2 is 1.74 bits per heavy atom. The summed E-state index contributed by atoms with van der Waals surface area (Å²) in [5.74, 6) is 2.81. The van der Waals surface area contributed by atoms with E-state index in [0.717, 1.165) is 48.5 Å². The molecule has 2 fully saturated rings. The maximum absolute atomic E-state index is 13.4. The van der Waals surface area contributed by atoms with Gasteiger partial charge in [-0.1, -0.05) is 42.5 Å². The van der Waals surface area contributed by atoms with Gasteiger partial charge in [0.15, 0.2) is 0 Å². The Morgan fingerprint density at radius 3 is 2.46 bits per heavy atom. The lowest BCUT2D eigenvalue weighted by Gasteiger charge is -2.39. The second-order valence-corrected chi connectivity index (χ2v) is 10.6. The summed E-state index contributed by atoms with van der Waals surface area (Å²) in [7, 11) is 0. The van der Waals surface area contributed by atoms with Gasteiger partial charge in [-0.15, -0.1) is 0 Å². The van der Waals surface area contributed by atoms with Crippen molar-refractivity contribution in [3.05, 3.63) is 101 Å². The molecule has 4 nitrogen and oxygen atoms in total. The van der Waals surface area contributed by atoms with Gasteiger partial charge in [-0.2, -0.15) is 17.0 Å². The van der Waals surface area contributed by atoms with Crippen molar-refractivity contribution in [3.63, 3.8) is 0 Å². The van der Waals surface area contributed by atoms with E-state index in [9.17, 15) is 4.79 Å². The first-order valence-electron chi connectivity index (χ1n) is 12.3. The molecule has 2 heterocycles. The molecular formula is C30H30N2O2S. The Labute approximate surface area is 211 Å². The number of ether oxygens (including phenoxy) is 1. The van der Waals surface area contributed by atoms with E-state index in [-0.39, 0.29) is 24.1 Å². The molecule has 0 aromatic heterocycles. The summed E-state index contributed by atoms with van der Waals surface area (Å²) in [4.78, 5) is 15.5. The van der Waals surface area contributed by atoms with E-state index >= 15 is 0 Å². The van der Waals surface area contributed by atoms with Crippen LogP contribution in [0.4, 0.5) is 0 Å². The van der Waals surface area contributed by atoms with Crippen molar-refractivity contribution in [1.29, 1.82) is 5.26 Å². The van der Waals surface area contributed by atoms with Gasteiger partial charge in [0.2, 0.25) is 0 Å². The molecule has 0 N–H and O–H groups in total. The molecule has 0 aliphatic carbocycles. The number of aryl methyl sites for hydroxylation is 1. The third-order valence-corrected chi connectivity index (χ3v) is 8.23. The van der Waals surface area contributed by atoms with E-state index < -0.39 is 0 Å². The second kappa shape index (κ2) is 10.6. The first-order valence-corrected chi connectivity index (χ1v) is 13.5. The van der Waals surface area contributed by atoms with Gasteiger partial charge in [-0.05, 0) is 66.8 Å². The molecule has 178 valence electrons. The van der Waals surface area contributed by atoms with Gasteiger partial charge in [-0.25, -0.2) is 0 Å². The molecule has 2 aliphatic rings. The van der Waals surface area contributed by atoms with Crippen molar-refractivity contribution >= 4 is 17.7 Å². The molecule has 1 amide bonds. The van der Waals surface area contributed by atoms with Crippen LogP contribution >= 0.6 is 11.8 Å². The molecule has 5 rings (SSSR count). The van der Waals surface area contributed by atoms with Crippen LogP contribution in [0.3, 0.4) is 0 Å². The number of piperidine rings is 1. The topological polar surface area (TPSA) is 53.3 Å². The van der Waals surface area contributed by atoms with Crippen molar-refractivity contribution in [2.45, 2.75) is 62.3 Å². The number of carbonyl (C=O) groups excluding carboxylic acids is 1. The minimum atomic E-state index is 0.0816. The van der Waals surface area contributed by atoms with E-state index in [0.29, 0.717) is 5.56 Å². The number of nitriles is 1. The monoisotopic (exact) mass is 482 g/mol. The van der Waals surface area contributed by atoms with Gasteiger partial charge in [-0.3, -0.25) is 4.79 Å². The maximum Gasteiger partial charge on any atom is 0.254 e. The predicted molar refractivity (Wildman–Crippen MR) is 140 cm³/mol. The van der Waals surface area contributed by atoms with Crippen LogP contribution in [0.5, 0.6) is 5.75 Å². The van der Waals surface area contributed by atoms with Gasteiger partial charge < -0.3 is 9.64 Å². The lowest BCUT2D eigenvalue weighted by Crippen LogP contribution is -2.49. The fourth-order valence-electron chi connectivity index (χ4n) is 5.33. The van der Waals surface area contributed by atoms with Gasteiger partial charge >= 0.3 is 0 Å². The van der Waals surface area contributed by atoms with Crippen molar-refractivity contribution in [2.75, 3.05) is 0 Å². The van der Waals surface area contributed by atoms with Gasteiger partial charge in [0.05, 0.1) is 11.6 Å². The first-order chi connectivity index (χ1) is 17.1. The normalized spacial score (nSPS) is 20.9. The Morgan fingerprint density at radius 1 is 1.00 bits per heavy atom. The van der Waals surface area contributed by atoms with Crippen LogP contribution < -0.4 is 4.74 Å². The molecule has 2 bridgehead atoms. The number of amides is 1. The number of fused-ring (bicyclic) bond motifs is 2. The Kier molecular flexibility index (Phi) is 7.11. The molecular weight excluding hydrogens is 452 g/mol. The zero-order chi connectivity index (χ0) is 24.2. The lowest BCUT2D eigenvalue weighted by molar-refractivity contribution is 0.0359. The highest BCUT2D eigenvalue weighted by Crippen LogP contribution is 2.38. The zero-order valence-corrected chi connectivity index (χ0v) is 20.8. The van der Waals surface area contributed by atoms with Crippen LogP contribution in [0.1, 0.15) is 58.3 Å². The van der Waals surface area contributed by atoms with Crippen LogP contribution in [0.2, 0.25) is 0 Å². The minimum Gasteiger partial charge on any atom is -0.490 e. The Hall–Kier alpha value is -3.23. The number of thioether (sulfide) groups is 1. The Bertz CT molecular complexity index is 1220. The van der Waals surface area contributed by atoms with E-state index in [1.165, 1.54) is 16.7 Å². The van der Waals surface area contributed by atoms with Crippen LogP contribution in [-0.2, 0) is 11.5 Å². The molecule has 3 aromatic carbocycles. The van der Waals surface area contributed by atoms with E-state index in [4.69, 9.17) is 10.00 Å².